The summed E-state index contributed by atoms with van der Waals surface area (Å²) in [4.78, 5) is 25.4. The monoisotopic (exact) mass is 289 g/mol. The number of hydrogen-bond donors (Lipinski definition) is 1. The summed E-state index contributed by atoms with van der Waals surface area (Å²) in [5.74, 6) is -0.775. The van der Waals surface area contributed by atoms with Crippen molar-refractivity contribution in [2.75, 3.05) is 13.1 Å². The molecule has 0 heterocycles. The molecule has 1 amide bonds. The van der Waals surface area contributed by atoms with E-state index in [1.54, 1.807) is 4.90 Å². The van der Waals surface area contributed by atoms with Crippen LogP contribution in [-0.2, 0) is 15.0 Å². The molecule has 2 rings (SSSR count). The third-order valence-electron chi connectivity index (χ3n) is 4.45. The second kappa shape index (κ2) is 6.29. The molecule has 0 radical (unpaired) electrons. The van der Waals surface area contributed by atoms with Crippen molar-refractivity contribution in [1.82, 2.24) is 4.90 Å². The van der Waals surface area contributed by atoms with Crippen LogP contribution in [-0.4, -0.2) is 35.0 Å². The molecule has 114 valence electrons. The van der Waals surface area contributed by atoms with Crippen molar-refractivity contribution < 1.29 is 14.7 Å². The topological polar surface area (TPSA) is 57.6 Å². The Balaban J connectivity index is 2.22. The minimum atomic E-state index is -0.862. The summed E-state index contributed by atoms with van der Waals surface area (Å²) in [6.07, 6.45) is 2.78. The highest BCUT2D eigenvalue weighted by Crippen LogP contribution is 2.45. The maximum Gasteiger partial charge on any atom is 0.305 e. The third kappa shape index (κ3) is 3.09. The van der Waals surface area contributed by atoms with E-state index in [1.165, 1.54) is 0 Å². The van der Waals surface area contributed by atoms with E-state index in [9.17, 15) is 9.59 Å². The molecule has 0 saturated heterocycles. The van der Waals surface area contributed by atoms with Crippen LogP contribution in [0.4, 0.5) is 0 Å². The molecule has 21 heavy (non-hydrogen) atoms. The number of hydrogen-bond acceptors (Lipinski definition) is 2. The van der Waals surface area contributed by atoms with Crippen LogP contribution in [0.25, 0.3) is 0 Å². The summed E-state index contributed by atoms with van der Waals surface area (Å²) < 4.78 is 0. The molecule has 1 N–H and O–H groups in total. The van der Waals surface area contributed by atoms with Gasteiger partial charge in [-0.1, -0.05) is 36.2 Å². The van der Waals surface area contributed by atoms with Gasteiger partial charge in [-0.2, -0.15) is 0 Å². The number of carboxylic acids is 1. The summed E-state index contributed by atoms with van der Waals surface area (Å²) in [5, 5.41) is 8.83. The average molecular weight is 289 g/mol. The molecule has 0 spiro atoms. The van der Waals surface area contributed by atoms with Crippen molar-refractivity contribution in [3.63, 3.8) is 0 Å². The predicted molar refractivity (Wildman–Crippen MR) is 81.2 cm³/mol. The summed E-state index contributed by atoms with van der Waals surface area (Å²) in [5.41, 5.74) is 1.80. The normalized spacial score (nSPS) is 16.1. The highest BCUT2D eigenvalue weighted by Gasteiger charge is 2.47. The largest absolute Gasteiger partial charge is 0.481 e. The number of aryl methyl sites for hydroxylation is 1. The summed E-state index contributed by atoms with van der Waals surface area (Å²) >= 11 is 0. The standard InChI is InChI=1S/C17H23NO3/c1-3-18(11-8-15(19)20)16(21)17(9-5-10-17)14-7-4-6-13(2)12-14/h4,6-7,12H,3,5,8-11H2,1-2H3,(H,19,20). The number of amides is 1. The zero-order valence-corrected chi connectivity index (χ0v) is 12.8. The van der Waals surface area contributed by atoms with Gasteiger partial charge >= 0.3 is 5.97 Å². The van der Waals surface area contributed by atoms with Crippen LogP contribution in [0, 0.1) is 6.92 Å². The number of aliphatic carboxylic acids is 1. The molecule has 1 saturated carbocycles. The Labute approximate surface area is 125 Å². The number of carboxylic acid groups (broad SMARTS) is 1. The van der Waals surface area contributed by atoms with Gasteiger partial charge in [0.1, 0.15) is 0 Å². The fraction of sp³-hybridized carbons (Fsp3) is 0.529. The fourth-order valence-corrected chi connectivity index (χ4v) is 3.04. The highest BCUT2D eigenvalue weighted by atomic mass is 16.4. The third-order valence-corrected chi connectivity index (χ3v) is 4.45. The Kier molecular flexibility index (Phi) is 4.66. The molecule has 4 nitrogen and oxygen atoms in total. The van der Waals surface area contributed by atoms with E-state index in [4.69, 9.17) is 5.11 Å². The number of carbonyl (C=O) groups is 2. The van der Waals surface area contributed by atoms with Crippen molar-refractivity contribution in [2.45, 2.75) is 44.9 Å². The van der Waals surface area contributed by atoms with Crippen molar-refractivity contribution in [2.24, 2.45) is 0 Å². The van der Waals surface area contributed by atoms with Gasteiger partial charge in [0, 0.05) is 13.1 Å². The van der Waals surface area contributed by atoms with Gasteiger partial charge in [0.2, 0.25) is 5.91 Å². The lowest BCUT2D eigenvalue weighted by Gasteiger charge is -2.44. The first-order chi connectivity index (χ1) is 9.99. The van der Waals surface area contributed by atoms with Crippen LogP contribution in [0.15, 0.2) is 24.3 Å². The van der Waals surface area contributed by atoms with Gasteiger partial charge in [0.15, 0.2) is 0 Å². The molecular formula is C17H23NO3. The molecule has 0 bridgehead atoms. The molecule has 0 atom stereocenters. The maximum atomic E-state index is 12.9. The number of carbonyl (C=O) groups excluding carboxylic acids is 1. The minimum Gasteiger partial charge on any atom is -0.481 e. The first-order valence-corrected chi connectivity index (χ1v) is 7.58. The Morgan fingerprint density at radius 1 is 1.33 bits per heavy atom. The smallest absolute Gasteiger partial charge is 0.305 e. The SMILES string of the molecule is CCN(CCC(=O)O)C(=O)C1(c2cccc(C)c2)CCC1. The zero-order chi connectivity index (χ0) is 15.5. The van der Waals surface area contributed by atoms with Gasteiger partial charge < -0.3 is 10.0 Å². The van der Waals surface area contributed by atoms with E-state index in [1.807, 2.05) is 32.0 Å². The zero-order valence-electron chi connectivity index (χ0n) is 12.8. The molecule has 4 heteroatoms. The highest BCUT2D eigenvalue weighted by molar-refractivity contribution is 5.89. The van der Waals surface area contributed by atoms with Crippen molar-refractivity contribution >= 4 is 11.9 Å². The van der Waals surface area contributed by atoms with Gasteiger partial charge in [0.05, 0.1) is 11.8 Å². The van der Waals surface area contributed by atoms with Crippen molar-refractivity contribution in [3.8, 4) is 0 Å². The van der Waals surface area contributed by atoms with Crippen LogP contribution < -0.4 is 0 Å². The molecule has 1 aliphatic rings. The van der Waals surface area contributed by atoms with Crippen LogP contribution in [0.3, 0.4) is 0 Å². The van der Waals surface area contributed by atoms with Crippen LogP contribution >= 0.6 is 0 Å². The van der Waals surface area contributed by atoms with E-state index < -0.39 is 11.4 Å². The number of rotatable bonds is 6. The summed E-state index contributed by atoms with van der Waals surface area (Å²) in [6.45, 7) is 4.78. The van der Waals surface area contributed by atoms with Gasteiger partial charge in [-0.3, -0.25) is 9.59 Å². The van der Waals surface area contributed by atoms with Crippen LogP contribution in [0.5, 0.6) is 0 Å². The van der Waals surface area contributed by atoms with E-state index in [0.717, 1.165) is 30.4 Å². The molecule has 1 aromatic rings. The van der Waals surface area contributed by atoms with E-state index in [-0.39, 0.29) is 18.9 Å². The number of benzene rings is 1. The Morgan fingerprint density at radius 3 is 2.52 bits per heavy atom. The Morgan fingerprint density at radius 2 is 2.05 bits per heavy atom. The van der Waals surface area contributed by atoms with E-state index >= 15 is 0 Å². The second-order valence-electron chi connectivity index (χ2n) is 5.83. The van der Waals surface area contributed by atoms with Gasteiger partial charge in [-0.05, 0) is 32.3 Å². The van der Waals surface area contributed by atoms with E-state index in [2.05, 4.69) is 6.07 Å². The number of nitrogens with zero attached hydrogens (tertiary/aromatic N) is 1. The molecule has 1 aromatic carbocycles. The van der Waals surface area contributed by atoms with Crippen LogP contribution in [0.2, 0.25) is 0 Å². The summed E-state index contributed by atoms with van der Waals surface area (Å²) in [7, 11) is 0. The lowest BCUT2D eigenvalue weighted by Crippen LogP contribution is -2.51. The quantitative estimate of drug-likeness (QED) is 0.876. The van der Waals surface area contributed by atoms with Gasteiger partial charge in [0.25, 0.3) is 0 Å². The summed E-state index contributed by atoms with van der Waals surface area (Å²) in [6, 6.07) is 8.13. The molecular weight excluding hydrogens is 266 g/mol. The van der Waals surface area contributed by atoms with Crippen LogP contribution in [0.1, 0.15) is 43.7 Å². The molecule has 0 aliphatic heterocycles. The molecule has 0 aromatic heterocycles. The van der Waals surface area contributed by atoms with Crippen molar-refractivity contribution in [3.05, 3.63) is 35.4 Å². The minimum absolute atomic E-state index is 0.00345. The molecule has 0 unspecified atom stereocenters. The Hall–Kier alpha value is -1.84. The second-order valence-corrected chi connectivity index (χ2v) is 5.83. The van der Waals surface area contributed by atoms with E-state index in [0.29, 0.717) is 6.54 Å². The molecule has 1 aliphatic carbocycles. The number of likely N-dealkylation sites (N-methyl/N-ethyl adjacent to an activating group) is 1. The average Bonchev–Trinajstić information content (AvgIpc) is 2.38. The molecule has 1 fully saturated rings. The lowest BCUT2D eigenvalue weighted by atomic mass is 9.63. The predicted octanol–water partition coefficient (Wildman–Crippen LogP) is 2.74. The lowest BCUT2D eigenvalue weighted by molar-refractivity contribution is -0.142. The fourth-order valence-electron chi connectivity index (χ4n) is 3.04. The van der Waals surface area contributed by atoms with Gasteiger partial charge in [-0.25, -0.2) is 0 Å². The first-order valence-electron chi connectivity index (χ1n) is 7.58. The first kappa shape index (κ1) is 15.5. The Bertz CT molecular complexity index is 535. The maximum absolute atomic E-state index is 12.9. The van der Waals surface area contributed by atoms with Gasteiger partial charge in [-0.15, -0.1) is 0 Å². The van der Waals surface area contributed by atoms with Crippen molar-refractivity contribution in [1.29, 1.82) is 0 Å².